The Kier molecular flexibility index (Phi) is 9.34. The summed E-state index contributed by atoms with van der Waals surface area (Å²) < 4.78 is 7.49. The third-order valence-corrected chi connectivity index (χ3v) is 6.89. The lowest BCUT2D eigenvalue weighted by molar-refractivity contribution is -0.132. The first kappa shape index (κ1) is 29.0. The molecule has 0 saturated carbocycles. The van der Waals surface area contributed by atoms with Crippen LogP contribution in [0.3, 0.4) is 0 Å². The maximum Gasteiger partial charge on any atom is 0.250 e. The summed E-state index contributed by atoms with van der Waals surface area (Å²) in [6, 6.07) is 15.7. The number of carbonyl (C=O) groups excluding carboxylic acids is 3. The van der Waals surface area contributed by atoms with Gasteiger partial charge >= 0.3 is 0 Å². The number of aryl methyl sites for hydroxylation is 1. The molecule has 1 saturated heterocycles. The summed E-state index contributed by atoms with van der Waals surface area (Å²) >= 11 is 0. The number of nitrogens with zero attached hydrogens (tertiary/aromatic N) is 3. The highest BCUT2D eigenvalue weighted by atomic mass is 16.5. The van der Waals surface area contributed by atoms with Gasteiger partial charge in [0.15, 0.2) is 5.82 Å². The molecule has 1 aliphatic heterocycles. The molecule has 4 N–H and O–H groups in total. The molecule has 1 unspecified atom stereocenters. The van der Waals surface area contributed by atoms with Crippen LogP contribution in [0.5, 0.6) is 0 Å². The number of rotatable bonds is 11. The number of likely N-dealkylation sites (tertiary alicyclic amines) is 1. The summed E-state index contributed by atoms with van der Waals surface area (Å²) in [4.78, 5) is 45.7. The van der Waals surface area contributed by atoms with Crippen molar-refractivity contribution in [3.8, 4) is 0 Å². The van der Waals surface area contributed by atoms with Crippen molar-refractivity contribution in [2.45, 2.75) is 57.8 Å². The van der Waals surface area contributed by atoms with Crippen molar-refractivity contribution >= 4 is 23.5 Å². The van der Waals surface area contributed by atoms with Gasteiger partial charge in [0, 0.05) is 19.3 Å². The topological polar surface area (TPSA) is 132 Å². The molecule has 1 fully saturated rings. The van der Waals surface area contributed by atoms with Crippen LogP contribution < -0.4 is 16.4 Å². The van der Waals surface area contributed by atoms with Crippen LogP contribution in [0, 0.1) is 6.92 Å². The van der Waals surface area contributed by atoms with E-state index < -0.39 is 29.4 Å². The number of amides is 3. The molecular weight excluding hydrogens is 508 g/mol. The number of aromatic nitrogens is 2. The fourth-order valence-electron chi connectivity index (χ4n) is 4.58. The fraction of sp³-hybridized carbons (Fsp3) is 0.400. The molecule has 0 radical (unpaired) electrons. The van der Waals surface area contributed by atoms with Crippen molar-refractivity contribution in [1.29, 1.82) is 0 Å². The van der Waals surface area contributed by atoms with Gasteiger partial charge in [0.1, 0.15) is 12.1 Å². The van der Waals surface area contributed by atoms with Gasteiger partial charge in [-0.25, -0.2) is 4.98 Å². The van der Waals surface area contributed by atoms with E-state index in [0.29, 0.717) is 0 Å². The van der Waals surface area contributed by atoms with Gasteiger partial charge in [-0.05, 0) is 50.3 Å². The average molecular weight is 547 g/mol. The second-order valence-electron chi connectivity index (χ2n) is 10.7. The van der Waals surface area contributed by atoms with Gasteiger partial charge in [0.05, 0.1) is 25.1 Å². The Balaban J connectivity index is 1.51. The van der Waals surface area contributed by atoms with Gasteiger partial charge in [0.2, 0.25) is 11.8 Å². The highest BCUT2D eigenvalue weighted by Gasteiger charge is 2.31. The van der Waals surface area contributed by atoms with E-state index in [2.05, 4.69) is 15.6 Å². The largest absolute Gasteiger partial charge is 0.374 e. The highest BCUT2D eigenvalue weighted by molar-refractivity contribution is 5.98. The number of imidazole rings is 1. The number of hydrogen-bond donors (Lipinski definition) is 3. The van der Waals surface area contributed by atoms with Crippen molar-refractivity contribution in [1.82, 2.24) is 19.8 Å². The van der Waals surface area contributed by atoms with E-state index in [4.69, 9.17) is 10.5 Å². The SMILES string of the molecule is Cc1ccccc1C(C(=O)N1CCCC1)n1cnc(NC(=O)[C@@H](COCc2ccccc2)NC(=O)C(C)(C)N)c1. The minimum atomic E-state index is -1.18. The molecule has 0 aliphatic carbocycles. The maximum absolute atomic E-state index is 13.6. The van der Waals surface area contributed by atoms with Crippen LogP contribution in [-0.4, -0.2) is 63.4 Å². The number of nitrogens with one attached hydrogen (secondary N) is 2. The lowest BCUT2D eigenvalue weighted by Crippen LogP contribution is -2.56. The zero-order chi connectivity index (χ0) is 28.7. The smallest absolute Gasteiger partial charge is 0.250 e. The lowest BCUT2D eigenvalue weighted by atomic mass is 10.00. The predicted octanol–water partition coefficient (Wildman–Crippen LogP) is 2.78. The summed E-state index contributed by atoms with van der Waals surface area (Å²) in [7, 11) is 0. The minimum Gasteiger partial charge on any atom is -0.374 e. The Morgan fingerprint density at radius 1 is 1.05 bits per heavy atom. The average Bonchev–Trinajstić information content (AvgIpc) is 3.62. The van der Waals surface area contributed by atoms with E-state index in [1.54, 1.807) is 30.9 Å². The lowest BCUT2D eigenvalue weighted by Gasteiger charge is -2.25. The Morgan fingerprint density at radius 2 is 1.73 bits per heavy atom. The summed E-state index contributed by atoms with van der Waals surface area (Å²) in [6.07, 6.45) is 5.15. The Labute approximate surface area is 234 Å². The zero-order valence-corrected chi connectivity index (χ0v) is 23.3. The maximum atomic E-state index is 13.6. The third-order valence-electron chi connectivity index (χ3n) is 6.89. The molecule has 1 aromatic heterocycles. The second kappa shape index (κ2) is 12.9. The van der Waals surface area contributed by atoms with Gasteiger partial charge in [-0.1, -0.05) is 54.6 Å². The van der Waals surface area contributed by atoms with Crippen molar-refractivity contribution in [3.05, 3.63) is 83.8 Å². The molecule has 2 heterocycles. The van der Waals surface area contributed by atoms with Gasteiger partial charge in [-0.15, -0.1) is 0 Å². The van der Waals surface area contributed by atoms with Gasteiger partial charge in [-0.3, -0.25) is 14.4 Å². The van der Waals surface area contributed by atoms with Gasteiger partial charge in [-0.2, -0.15) is 0 Å². The monoisotopic (exact) mass is 546 g/mol. The molecule has 2 atom stereocenters. The summed E-state index contributed by atoms with van der Waals surface area (Å²) in [5.41, 5.74) is 7.57. The standard InChI is InChI=1S/C30H38N6O4/c1-21-11-7-8-14-23(21)26(28(38)35-15-9-10-16-35)36-17-25(32-20-36)34-27(37)24(33-29(39)30(2,3)31)19-40-18-22-12-5-4-6-13-22/h4-8,11-14,17,20,24,26H,9-10,15-16,18-19,31H2,1-3H3,(H,33,39)(H,34,37)/t24-,26?/m1/s1. The molecule has 212 valence electrons. The van der Waals surface area contributed by atoms with Crippen molar-refractivity contribution < 1.29 is 19.1 Å². The number of ether oxygens (including phenoxy) is 1. The molecule has 10 heteroatoms. The van der Waals surface area contributed by atoms with Gasteiger partial charge in [0.25, 0.3) is 5.91 Å². The predicted molar refractivity (Wildman–Crippen MR) is 152 cm³/mol. The second-order valence-corrected chi connectivity index (χ2v) is 10.7. The first-order valence-electron chi connectivity index (χ1n) is 13.5. The molecule has 4 rings (SSSR count). The fourth-order valence-corrected chi connectivity index (χ4v) is 4.58. The number of hydrogen-bond acceptors (Lipinski definition) is 6. The molecular formula is C30H38N6O4. The van der Waals surface area contributed by atoms with Crippen LogP contribution in [0.4, 0.5) is 5.82 Å². The Hall–Kier alpha value is -4.02. The number of anilines is 1. The van der Waals surface area contributed by atoms with Crippen LogP contribution in [0.1, 0.15) is 49.4 Å². The molecule has 10 nitrogen and oxygen atoms in total. The van der Waals surface area contributed by atoms with E-state index >= 15 is 0 Å². The highest BCUT2D eigenvalue weighted by Crippen LogP contribution is 2.27. The molecule has 0 bridgehead atoms. The van der Waals surface area contributed by atoms with Gasteiger partial charge < -0.3 is 30.6 Å². The van der Waals surface area contributed by atoms with Crippen molar-refractivity contribution in [2.24, 2.45) is 5.73 Å². The van der Waals surface area contributed by atoms with Crippen LogP contribution >= 0.6 is 0 Å². The van der Waals surface area contributed by atoms with Crippen LogP contribution in [-0.2, 0) is 25.7 Å². The van der Waals surface area contributed by atoms with Crippen molar-refractivity contribution in [3.63, 3.8) is 0 Å². The normalized spacial score (nSPS) is 14.9. The van der Waals surface area contributed by atoms with Crippen molar-refractivity contribution in [2.75, 3.05) is 25.0 Å². The summed E-state index contributed by atoms with van der Waals surface area (Å²) in [5, 5.41) is 5.45. The number of nitrogens with two attached hydrogens (primary N) is 1. The zero-order valence-electron chi connectivity index (χ0n) is 23.3. The molecule has 2 aromatic carbocycles. The number of benzene rings is 2. The molecule has 3 aromatic rings. The minimum absolute atomic E-state index is 0.00768. The van der Waals surface area contributed by atoms with E-state index in [1.165, 1.54) is 0 Å². The van der Waals surface area contributed by atoms with E-state index in [0.717, 1.165) is 42.6 Å². The summed E-state index contributed by atoms with van der Waals surface area (Å²) in [6.45, 7) is 6.75. The quantitative estimate of drug-likeness (QED) is 0.339. The Morgan fingerprint density at radius 3 is 2.40 bits per heavy atom. The summed E-state index contributed by atoms with van der Waals surface area (Å²) in [5.74, 6) is -0.745. The van der Waals surface area contributed by atoms with Crippen LogP contribution in [0.2, 0.25) is 0 Å². The first-order valence-corrected chi connectivity index (χ1v) is 13.5. The van der Waals surface area contributed by atoms with Crippen LogP contribution in [0.15, 0.2) is 67.1 Å². The van der Waals surface area contributed by atoms with Crippen LogP contribution in [0.25, 0.3) is 0 Å². The van der Waals surface area contributed by atoms with E-state index in [1.807, 2.05) is 66.4 Å². The Bertz CT molecular complexity index is 1310. The van der Waals surface area contributed by atoms with E-state index in [-0.39, 0.29) is 24.9 Å². The van der Waals surface area contributed by atoms with E-state index in [9.17, 15) is 14.4 Å². The molecule has 1 aliphatic rings. The molecule has 0 spiro atoms. The molecule has 3 amide bonds. The first-order chi connectivity index (χ1) is 19.1. The number of carbonyl (C=O) groups is 3. The third kappa shape index (κ3) is 7.34. The molecule has 40 heavy (non-hydrogen) atoms.